The number of carbonyl (C=O) groups is 3. The van der Waals surface area contributed by atoms with E-state index in [9.17, 15) is 18.8 Å². The van der Waals surface area contributed by atoms with Crippen molar-refractivity contribution in [1.29, 1.82) is 0 Å². The summed E-state index contributed by atoms with van der Waals surface area (Å²) in [5, 5.41) is 9.91. The Morgan fingerprint density at radius 3 is 2.55 bits per heavy atom. The first-order valence-electron chi connectivity index (χ1n) is 12.5. The number of anilines is 2. The molecule has 0 aliphatic carbocycles. The Morgan fingerprint density at radius 2 is 1.87 bits per heavy atom. The van der Waals surface area contributed by atoms with Crippen molar-refractivity contribution in [1.82, 2.24) is 14.7 Å². The first-order chi connectivity index (χ1) is 18.1. The number of nitrogens with one attached hydrogen (secondary N) is 2. The topological polar surface area (TPSA) is 106 Å². The molecule has 1 aliphatic rings. The highest BCUT2D eigenvalue weighted by atomic mass is 19.1. The Bertz CT molecular complexity index is 1380. The molecule has 1 saturated heterocycles. The number of esters is 1. The molecule has 0 unspecified atom stereocenters. The fourth-order valence-electron chi connectivity index (χ4n) is 4.79. The van der Waals surface area contributed by atoms with Gasteiger partial charge in [-0.05, 0) is 68.0 Å². The third-order valence-electron chi connectivity index (χ3n) is 6.82. The number of halogens is 1. The van der Waals surface area contributed by atoms with E-state index in [0.717, 1.165) is 5.56 Å². The number of carbonyl (C=O) groups excluding carboxylic acids is 3. The maximum atomic E-state index is 15.0. The molecule has 0 saturated carbocycles. The van der Waals surface area contributed by atoms with E-state index in [1.807, 2.05) is 25.1 Å². The number of rotatable bonds is 6. The predicted molar refractivity (Wildman–Crippen MR) is 142 cm³/mol. The minimum Gasteiger partial charge on any atom is -0.465 e. The summed E-state index contributed by atoms with van der Waals surface area (Å²) in [5.41, 5.74) is 3.37. The maximum Gasteiger partial charge on any atom is 0.338 e. The van der Waals surface area contributed by atoms with E-state index < -0.39 is 17.8 Å². The Kier molecular flexibility index (Phi) is 7.80. The highest BCUT2D eigenvalue weighted by molar-refractivity contribution is 5.99. The molecule has 2 N–H and O–H groups in total. The minimum atomic E-state index is -0.658. The Morgan fingerprint density at radius 1 is 1.11 bits per heavy atom. The van der Waals surface area contributed by atoms with E-state index in [1.54, 1.807) is 6.07 Å². The number of aryl methyl sites for hydroxylation is 1. The van der Waals surface area contributed by atoms with E-state index in [4.69, 9.17) is 0 Å². The fraction of sp³-hybridized carbons (Fsp3) is 0.357. The summed E-state index contributed by atoms with van der Waals surface area (Å²) in [6, 6.07) is 9.24. The van der Waals surface area contributed by atoms with Gasteiger partial charge in [0.05, 0.1) is 12.7 Å². The fourth-order valence-corrected chi connectivity index (χ4v) is 4.79. The zero-order valence-electron chi connectivity index (χ0n) is 22.2. The van der Waals surface area contributed by atoms with Crippen molar-refractivity contribution in [2.45, 2.75) is 52.5 Å². The van der Waals surface area contributed by atoms with Crippen molar-refractivity contribution >= 4 is 29.4 Å². The van der Waals surface area contributed by atoms with Crippen molar-refractivity contribution < 1.29 is 23.5 Å². The Balaban J connectivity index is 1.44. The lowest BCUT2D eigenvalue weighted by Gasteiger charge is -2.24. The van der Waals surface area contributed by atoms with Crippen LogP contribution in [0.15, 0.2) is 42.6 Å². The van der Waals surface area contributed by atoms with Gasteiger partial charge in [0.25, 0.3) is 0 Å². The molecule has 10 heteroatoms. The molecule has 1 aliphatic heterocycles. The number of urea groups is 1. The van der Waals surface area contributed by atoms with Gasteiger partial charge in [-0.25, -0.2) is 18.7 Å². The molecule has 200 valence electrons. The van der Waals surface area contributed by atoms with Gasteiger partial charge in [-0.15, -0.1) is 5.10 Å². The highest BCUT2D eigenvalue weighted by Crippen LogP contribution is 2.25. The lowest BCUT2D eigenvalue weighted by molar-refractivity contribution is -0.119. The van der Waals surface area contributed by atoms with Crippen LogP contribution in [0.5, 0.6) is 0 Å². The monoisotopic (exact) mass is 521 g/mol. The maximum absolute atomic E-state index is 15.0. The summed E-state index contributed by atoms with van der Waals surface area (Å²) in [6.07, 6.45) is 2.73. The third kappa shape index (κ3) is 5.39. The van der Waals surface area contributed by atoms with Crippen LogP contribution in [-0.2, 0) is 9.53 Å². The third-order valence-corrected chi connectivity index (χ3v) is 6.82. The summed E-state index contributed by atoms with van der Waals surface area (Å²) in [4.78, 5) is 39.4. The van der Waals surface area contributed by atoms with Crippen LogP contribution in [-0.4, -0.2) is 52.3 Å². The van der Waals surface area contributed by atoms with Crippen LogP contribution >= 0.6 is 0 Å². The van der Waals surface area contributed by atoms with Gasteiger partial charge in [-0.2, -0.15) is 0 Å². The van der Waals surface area contributed by atoms with Gasteiger partial charge < -0.3 is 20.3 Å². The number of methoxy groups -OCH3 is 1. The predicted octanol–water partition coefficient (Wildman–Crippen LogP) is 5.17. The highest BCUT2D eigenvalue weighted by Gasteiger charge is 2.34. The number of benzene rings is 2. The first-order valence-corrected chi connectivity index (χ1v) is 12.5. The quantitative estimate of drug-likeness (QED) is 0.435. The number of ether oxygens (including phenoxy) is 1. The number of nitrogens with zero attached hydrogens (tertiary/aromatic N) is 3. The average molecular weight is 522 g/mol. The van der Waals surface area contributed by atoms with Gasteiger partial charge in [0, 0.05) is 30.1 Å². The normalized spacial score (nSPS) is 15.0. The molecule has 1 aromatic heterocycles. The average Bonchev–Trinajstić information content (AvgIpc) is 3.55. The number of amides is 3. The zero-order chi connectivity index (χ0) is 27.6. The van der Waals surface area contributed by atoms with Gasteiger partial charge in [-0.1, -0.05) is 19.9 Å². The summed E-state index contributed by atoms with van der Waals surface area (Å²) in [7, 11) is 1.23. The van der Waals surface area contributed by atoms with Crippen LogP contribution in [0, 0.1) is 19.7 Å². The van der Waals surface area contributed by atoms with Crippen molar-refractivity contribution in [3.05, 3.63) is 70.7 Å². The summed E-state index contributed by atoms with van der Waals surface area (Å²) in [5.74, 6) is -1.02. The summed E-state index contributed by atoms with van der Waals surface area (Å²) in [6.45, 7) is 8.19. The van der Waals surface area contributed by atoms with Crippen LogP contribution in [0.3, 0.4) is 0 Å². The van der Waals surface area contributed by atoms with Crippen LogP contribution < -0.4 is 10.6 Å². The lowest BCUT2D eigenvalue weighted by Crippen LogP contribution is -2.45. The van der Waals surface area contributed by atoms with Gasteiger partial charge in [-0.3, -0.25) is 4.79 Å². The van der Waals surface area contributed by atoms with Crippen molar-refractivity contribution in [2.24, 2.45) is 0 Å². The molecular formula is C28H32FN5O4. The number of likely N-dealkylation sites (tertiary alicyclic amines) is 1. The molecule has 0 bridgehead atoms. The molecule has 0 spiro atoms. The molecule has 9 nitrogen and oxygen atoms in total. The lowest BCUT2D eigenvalue weighted by atomic mass is 9.98. The van der Waals surface area contributed by atoms with E-state index in [0.29, 0.717) is 31.0 Å². The standard InChI is InChI=1S/C28H32FN5O4/c1-16(2)20-9-8-19(15-17(20)3)30-28(37)33-13-6-7-23(33)26(35)31-24-12-14-34(32-24)22-11-10-21(27(36)38-5)18(4)25(22)29/h8-12,14-16,23H,6-7,13H2,1-5H3,(H,30,37)(H,31,32,35)/t23-/m1/s1. The SMILES string of the molecule is COC(=O)c1ccc(-n2ccc(NC(=O)[C@H]3CCCN3C(=O)Nc3ccc(C(C)C)c(C)c3)n2)c(F)c1C. The largest absolute Gasteiger partial charge is 0.465 e. The molecule has 0 radical (unpaired) electrons. The molecule has 3 amide bonds. The second kappa shape index (κ2) is 11.0. The first kappa shape index (κ1) is 26.8. The van der Waals surface area contributed by atoms with Crippen LogP contribution in [0.2, 0.25) is 0 Å². The molecular weight excluding hydrogens is 489 g/mol. The summed E-state index contributed by atoms with van der Waals surface area (Å²) >= 11 is 0. The number of aromatic nitrogens is 2. The van der Waals surface area contributed by atoms with Crippen LogP contribution in [0.1, 0.15) is 59.7 Å². The van der Waals surface area contributed by atoms with Gasteiger partial charge >= 0.3 is 12.0 Å². The van der Waals surface area contributed by atoms with Crippen LogP contribution in [0.4, 0.5) is 20.7 Å². The van der Waals surface area contributed by atoms with E-state index in [1.165, 1.54) is 47.5 Å². The molecule has 2 aromatic carbocycles. The van der Waals surface area contributed by atoms with Gasteiger partial charge in [0.2, 0.25) is 5.91 Å². The molecule has 4 rings (SSSR count). The van der Waals surface area contributed by atoms with Crippen molar-refractivity contribution in [3.8, 4) is 5.69 Å². The van der Waals surface area contributed by atoms with Gasteiger partial charge in [0.1, 0.15) is 11.7 Å². The summed E-state index contributed by atoms with van der Waals surface area (Å²) < 4.78 is 20.9. The molecule has 2 heterocycles. The molecule has 1 atom stereocenters. The second-order valence-electron chi connectivity index (χ2n) is 9.71. The van der Waals surface area contributed by atoms with Crippen molar-refractivity contribution in [2.75, 3.05) is 24.3 Å². The van der Waals surface area contributed by atoms with Gasteiger partial charge in [0.15, 0.2) is 11.6 Å². The molecule has 1 fully saturated rings. The van der Waals surface area contributed by atoms with E-state index >= 15 is 0 Å². The Hall–Kier alpha value is -4.21. The minimum absolute atomic E-state index is 0.122. The molecule has 3 aromatic rings. The molecule has 38 heavy (non-hydrogen) atoms. The van der Waals surface area contributed by atoms with Crippen LogP contribution in [0.25, 0.3) is 5.69 Å². The number of hydrogen-bond acceptors (Lipinski definition) is 5. The van der Waals surface area contributed by atoms with E-state index in [-0.39, 0.29) is 34.6 Å². The second-order valence-corrected chi connectivity index (χ2v) is 9.71. The zero-order valence-corrected chi connectivity index (χ0v) is 22.2. The number of hydrogen-bond donors (Lipinski definition) is 2. The van der Waals surface area contributed by atoms with E-state index in [2.05, 4.69) is 34.3 Å². The smallest absolute Gasteiger partial charge is 0.338 e. The Labute approximate surface area is 221 Å². The van der Waals surface area contributed by atoms with Crippen molar-refractivity contribution in [3.63, 3.8) is 0 Å².